The number of ether oxygens (including phenoxy) is 1. The molecule has 1 heterocycles. The third-order valence-corrected chi connectivity index (χ3v) is 5.78. The molecule has 0 atom stereocenters. The molecule has 1 aromatic carbocycles. The predicted octanol–water partition coefficient (Wildman–Crippen LogP) is 2.22. The molecule has 0 aliphatic heterocycles. The van der Waals surface area contributed by atoms with Crippen molar-refractivity contribution >= 4 is 34.9 Å². The molecule has 0 bridgehead atoms. The van der Waals surface area contributed by atoms with Gasteiger partial charge in [-0.05, 0) is 31.1 Å². The number of amides is 3. The minimum Gasteiger partial charge on any atom is -0.490 e. The van der Waals surface area contributed by atoms with Crippen molar-refractivity contribution in [3.05, 3.63) is 48.7 Å². The summed E-state index contributed by atoms with van der Waals surface area (Å²) in [6, 6.07) is 8.91. The van der Waals surface area contributed by atoms with Crippen molar-refractivity contribution in [3.63, 3.8) is 0 Å². The highest BCUT2D eigenvalue weighted by Gasteiger charge is 2.35. The van der Waals surface area contributed by atoms with Crippen LogP contribution in [0.1, 0.15) is 36.2 Å². The van der Waals surface area contributed by atoms with Crippen molar-refractivity contribution < 1.29 is 19.1 Å². The molecule has 4 rings (SSSR count). The molecule has 2 saturated carbocycles. The third-order valence-electron chi connectivity index (χ3n) is 5.78. The SMILES string of the molecule is C=CC(=O)N(C)C1CC(Oc2cccc(Nc3cc(NC(=O)C4CC4)nnc3C(N)=O)c2)C1. The lowest BCUT2D eigenvalue weighted by molar-refractivity contribution is -0.130. The summed E-state index contributed by atoms with van der Waals surface area (Å²) in [5.41, 5.74) is 6.38. The Hall–Kier alpha value is -3.95. The number of nitrogens with one attached hydrogen (secondary N) is 2. The van der Waals surface area contributed by atoms with E-state index in [0.717, 1.165) is 25.7 Å². The minimum atomic E-state index is -0.740. The molecule has 0 spiro atoms. The molecule has 4 N–H and O–H groups in total. The zero-order valence-electron chi connectivity index (χ0n) is 18.3. The summed E-state index contributed by atoms with van der Waals surface area (Å²) in [6.07, 6.45) is 4.49. The summed E-state index contributed by atoms with van der Waals surface area (Å²) < 4.78 is 6.03. The molecule has 0 unspecified atom stereocenters. The second-order valence-corrected chi connectivity index (χ2v) is 8.29. The van der Waals surface area contributed by atoms with Crippen LogP contribution in [-0.2, 0) is 9.59 Å². The summed E-state index contributed by atoms with van der Waals surface area (Å²) in [5, 5.41) is 13.6. The van der Waals surface area contributed by atoms with E-state index in [-0.39, 0.29) is 41.4 Å². The molecule has 0 saturated heterocycles. The zero-order chi connectivity index (χ0) is 23.5. The number of anilines is 3. The van der Waals surface area contributed by atoms with Crippen molar-refractivity contribution in [1.29, 1.82) is 0 Å². The first-order chi connectivity index (χ1) is 15.8. The molecule has 0 radical (unpaired) electrons. The maximum absolute atomic E-state index is 12.0. The Bertz CT molecular complexity index is 1090. The summed E-state index contributed by atoms with van der Waals surface area (Å²) in [6.45, 7) is 3.51. The Labute approximate surface area is 191 Å². The van der Waals surface area contributed by atoms with E-state index in [4.69, 9.17) is 10.5 Å². The number of primary amides is 1. The fourth-order valence-corrected chi connectivity index (χ4v) is 3.57. The average molecular weight is 450 g/mol. The van der Waals surface area contributed by atoms with Crippen LogP contribution in [0.2, 0.25) is 0 Å². The second-order valence-electron chi connectivity index (χ2n) is 8.29. The van der Waals surface area contributed by atoms with Crippen LogP contribution in [0.5, 0.6) is 5.75 Å². The number of carbonyl (C=O) groups is 3. The Balaban J connectivity index is 1.42. The van der Waals surface area contributed by atoms with E-state index >= 15 is 0 Å². The van der Waals surface area contributed by atoms with E-state index in [9.17, 15) is 14.4 Å². The summed E-state index contributed by atoms with van der Waals surface area (Å²) in [7, 11) is 1.76. The number of carbonyl (C=O) groups excluding carboxylic acids is 3. The number of nitrogens with zero attached hydrogens (tertiary/aromatic N) is 3. The van der Waals surface area contributed by atoms with Gasteiger partial charge >= 0.3 is 0 Å². The average Bonchev–Trinajstić information content (AvgIpc) is 3.61. The van der Waals surface area contributed by atoms with Crippen LogP contribution in [0.25, 0.3) is 0 Å². The maximum Gasteiger partial charge on any atom is 0.271 e. The molecule has 33 heavy (non-hydrogen) atoms. The lowest BCUT2D eigenvalue weighted by atomic mass is 9.88. The van der Waals surface area contributed by atoms with E-state index < -0.39 is 5.91 Å². The first kappa shape index (κ1) is 22.3. The van der Waals surface area contributed by atoms with Crippen LogP contribution in [-0.4, -0.2) is 52.0 Å². The Morgan fingerprint density at radius 1 is 1.21 bits per heavy atom. The summed E-state index contributed by atoms with van der Waals surface area (Å²) in [4.78, 5) is 37.2. The predicted molar refractivity (Wildman–Crippen MR) is 122 cm³/mol. The van der Waals surface area contributed by atoms with Gasteiger partial charge in [-0.1, -0.05) is 12.6 Å². The quantitative estimate of drug-likeness (QED) is 0.498. The van der Waals surface area contributed by atoms with Gasteiger partial charge in [0, 0.05) is 49.7 Å². The van der Waals surface area contributed by atoms with Gasteiger partial charge in [-0.25, -0.2) is 0 Å². The lowest BCUT2D eigenvalue weighted by Gasteiger charge is -2.40. The monoisotopic (exact) mass is 450 g/mol. The molecule has 3 amide bonds. The summed E-state index contributed by atoms with van der Waals surface area (Å²) in [5.74, 6) is -0.0633. The van der Waals surface area contributed by atoms with Crippen LogP contribution >= 0.6 is 0 Å². The zero-order valence-corrected chi connectivity index (χ0v) is 18.3. The number of aromatic nitrogens is 2. The topological polar surface area (TPSA) is 140 Å². The number of hydrogen-bond acceptors (Lipinski definition) is 7. The molecule has 2 aromatic rings. The van der Waals surface area contributed by atoms with Crippen LogP contribution in [0.4, 0.5) is 17.2 Å². The minimum absolute atomic E-state index is 0.00155. The van der Waals surface area contributed by atoms with E-state index in [1.807, 2.05) is 12.1 Å². The van der Waals surface area contributed by atoms with Crippen molar-refractivity contribution in [1.82, 2.24) is 15.1 Å². The van der Waals surface area contributed by atoms with E-state index in [1.54, 1.807) is 24.1 Å². The number of benzene rings is 1. The van der Waals surface area contributed by atoms with Crippen LogP contribution in [0.3, 0.4) is 0 Å². The highest BCUT2D eigenvalue weighted by molar-refractivity contribution is 5.98. The maximum atomic E-state index is 12.0. The Morgan fingerprint density at radius 3 is 2.64 bits per heavy atom. The van der Waals surface area contributed by atoms with E-state index in [0.29, 0.717) is 17.1 Å². The normalized spacial score (nSPS) is 19.1. The van der Waals surface area contributed by atoms with Gasteiger partial charge in [0.1, 0.15) is 11.9 Å². The van der Waals surface area contributed by atoms with Crippen molar-refractivity contribution in [2.75, 3.05) is 17.7 Å². The van der Waals surface area contributed by atoms with Crippen LogP contribution in [0.15, 0.2) is 43.0 Å². The summed E-state index contributed by atoms with van der Waals surface area (Å²) >= 11 is 0. The molecule has 10 heteroatoms. The molecule has 2 aliphatic rings. The van der Waals surface area contributed by atoms with Gasteiger partial charge in [0.2, 0.25) is 11.8 Å². The van der Waals surface area contributed by atoms with Gasteiger partial charge in [0.05, 0.1) is 5.69 Å². The van der Waals surface area contributed by atoms with Gasteiger partial charge in [-0.2, -0.15) is 0 Å². The molecule has 2 aliphatic carbocycles. The molecular formula is C23H26N6O4. The van der Waals surface area contributed by atoms with Crippen LogP contribution < -0.4 is 21.1 Å². The second kappa shape index (κ2) is 9.27. The fraction of sp³-hybridized carbons (Fsp3) is 0.348. The first-order valence-electron chi connectivity index (χ1n) is 10.8. The highest BCUT2D eigenvalue weighted by Crippen LogP contribution is 2.32. The van der Waals surface area contributed by atoms with E-state index in [1.165, 1.54) is 12.1 Å². The molecule has 1 aromatic heterocycles. The van der Waals surface area contributed by atoms with Gasteiger partial charge in [0.25, 0.3) is 5.91 Å². The molecule has 10 nitrogen and oxygen atoms in total. The van der Waals surface area contributed by atoms with Crippen molar-refractivity contribution in [2.45, 2.75) is 37.8 Å². The molecule has 172 valence electrons. The number of rotatable bonds is 9. The number of nitrogens with two attached hydrogens (primary N) is 1. The molecule has 2 fully saturated rings. The van der Waals surface area contributed by atoms with E-state index in [2.05, 4.69) is 27.4 Å². The molecular weight excluding hydrogens is 424 g/mol. The van der Waals surface area contributed by atoms with Crippen molar-refractivity contribution in [2.24, 2.45) is 11.7 Å². The largest absolute Gasteiger partial charge is 0.490 e. The highest BCUT2D eigenvalue weighted by atomic mass is 16.5. The van der Waals surface area contributed by atoms with Crippen molar-refractivity contribution in [3.8, 4) is 5.75 Å². The van der Waals surface area contributed by atoms with Gasteiger partial charge in [0.15, 0.2) is 11.5 Å². The Kier molecular flexibility index (Phi) is 6.25. The van der Waals surface area contributed by atoms with Gasteiger partial charge in [-0.3, -0.25) is 14.4 Å². The number of likely N-dealkylation sites (N-methyl/N-ethyl adjacent to an activating group) is 1. The smallest absolute Gasteiger partial charge is 0.271 e. The lowest BCUT2D eigenvalue weighted by Crippen LogP contribution is -2.49. The van der Waals surface area contributed by atoms with Gasteiger partial charge < -0.3 is 26.0 Å². The van der Waals surface area contributed by atoms with Crippen LogP contribution in [0, 0.1) is 5.92 Å². The number of hydrogen-bond donors (Lipinski definition) is 3. The fourth-order valence-electron chi connectivity index (χ4n) is 3.57. The first-order valence-corrected chi connectivity index (χ1v) is 10.8. The third kappa shape index (κ3) is 5.28. The van der Waals surface area contributed by atoms with Gasteiger partial charge in [-0.15, -0.1) is 10.2 Å². The Morgan fingerprint density at radius 2 is 1.97 bits per heavy atom. The standard InChI is InChI=1S/C23H26N6O4/c1-3-20(30)29(2)15-10-17(11-15)33-16-6-4-5-14(9-16)25-18-12-19(26-23(32)13-7-8-13)27-28-21(18)22(24)31/h3-6,9,12-13,15,17H,1,7-8,10-11H2,2H3,(H2,24,31)(H2,25,26,27,32).